The summed E-state index contributed by atoms with van der Waals surface area (Å²) in [6.07, 6.45) is 7.15. The van der Waals surface area contributed by atoms with Crippen LogP contribution in [0.2, 0.25) is 0 Å². The molecule has 0 amide bonds. The molecule has 10 heavy (non-hydrogen) atoms. The summed E-state index contributed by atoms with van der Waals surface area (Å²) in [5.41, 5.74) is 0. The Balaban J connectivity index is 2.70. The highest BCUT2D eigenvalue weighted by Crippen LogP contribution is 2.03. The van der Waals surface area contributed by atoms with Gasteiger partial charge in [-0.2, -0.15) is 0 Å². The molecule has 0 aliphatic heterocycles. The third-order valence-electron chi connectivity index (χ3n) is 1.51. The van der Waals surface area contributed by atoms with Crippen molar-refractivity contribution in [2.75, 3.05) is 14.1 Å². The molecule has 1 atom stereocenters. The molecular formula is C8H11NO. The first-order valence-electron chi connectivity index (χ1n) is 3.27. The number of hydrogen-bond donors (Lipinski definition) is 0. The fourth-order valence-corrected chi connectivity index (χ4v) is 0.940. The van der Waals surface area contributed by atoms with Gasteiger partial charge in [-0.15, -0.1) is 0 Å². The third kappa shape index (κ3) is 1.33. The maximum absolute atomic E-state index is 11.1. The molecule has 0 radical (unpaired) electrons. The zero-order chi connectivity index (χ0) is 7.56. The van der Waals surface area contributed by atoms with Crippen LogP contribution in [0.25, 0.3) is 0 Å². The second kappa shape index (κ2) is 2.80. The van der Waals surface area contributed by atoms with Gasteiger partial charge in [0.25, 0.3) is 0 Å². The van der Waals surface area contributed by atoms with Crippen LogP contribution < -0.4 is 0 Å². The van der Waals surface area contributed by atoms with Gasteiger partial charge >= 0.3 is 0 Å². The van der Waals surface area contributed by atoms with Crippen LogP contribution in [-0.2, 0) is 4.79 Å². The van der Waals surface area contributed by atoms with Crippen LogP contribution in [0, 0.1) is 0 Å². The first-order valence-corrected chi connectivity index (χ1v) is 3.27. The number of rotatable bonds is 1. The van der Waals surface area contributed by atoms with Crippen LogP contribution in [-0.4, -0.2) is 30.8 Å². The van der Waals surface area contributed by atoms with Crippen molar-refractivity contribution < 1.29 is 4.79 Å². The molecular weight excluding hydrogens is 126 g/mol. The Kier molecular flexibility index (Phi) is 2.02. The molecule has 0 aromatic rings. The van der Waals surface area contributed by atoms with Gasteiger partial charge in [-0.05, 0) is 20.2 Å². The summed E-state index contributed by atoms with van der Waals surface area (Å²) < 4.78 is 0. The molecule has 0 fully saturated rings. The van der Waals surface area contributed by atoms with Gasteiger partial charge in [0, 0.05) is 0 Å². The number of carbonyl (C=O) groups is 1. The number of allylic oxidation sites excluding steroid dienone is 2. The van der Waals surface area contributed by atoms with Gasteiger partial charge in [-0.25, -0.2) is 0 Å². The van der Waals surface area contributed by atoms with Gasteiger partial charge in [0.15, 0.2) is 5.78 Å². The second-order valence-electron chi connectivity index (χ2n) is 2.55. The minimum absolute atomic E-state index is 0.0509. The van der Waals surface area contributed by atoms with E-state index in [1.54, 1.807) is 12.2 Å². The zero-order valence-corrected chi connectivity index (χ0v) is 6.24. The monoisotopic (exact) mass is 137 g/mol. The van der Waals surface area contributed by atoms with Gasteiger partial charge < -0.3 is 0 Å². The predicted molar refractivity (Wildman–Crippen MR) is 40.8 cm³/mol. The Bertz CT molecular complexity index is 191. The van der Waals surface area contributed by atoms with Crippen LogP contribution in [0.4, 0.5) is 0 Å². The van der Waals surface area contributed by atoms with Gasteiger partial charge in [-0.1, -0.05) is 18.2 Å². The van der Waals surface area contributed by atoms with E-state index in [9.17, 15) is 4.79 Å². The molecule has 0 bridgehead atoms. The summed E-state index contributed by atoms with van der Waals surface area (Å²) >= 11 is 0. The van der Waals surface area contributed by atoms with Crippen LogP contribution in [0.3, 0.4) is 0 Å². The van der Waals surface area contributed by atoms with Crippen molar-refractivity contribution in [3.63, 3.8) is 0 Å². The van der Waals surface area contributed by atoms with E-state index in [1.165, 1.54) is 0 Å². The summed E-state index contributed by atoms with van der Waals surface area (Å²) in [5.74, 6) is 0.160. The lowest BCUT2D eigenvalue weighted by Crippen LogP contribution is -2.33. The number of likely N-dealkylation sites (N-methyl/N-ethyl adjacent to an activating group) is 1. The van der Waals surface area contributed by atoms with Crippen molar-refractivity contribution >= 4 is 5.78 Å². The van der Waals surface area contributed by atoms with Crippen LogP contribution in [0.1, 0.15) is 0 Å². The highest BCUT2D eigenvalue weighted by Gasteiger charge is 2.15. The Hall–Kier alpha value is -0.890. The molecule has 1 aliphatic rings. The Morgan fingerprint density at radius 1 is 1.40 bits per heavy atom. The molecule has 1 unspecified atom stereocenters. The number of nitrogens with zero attached hydrogens (tertiary/aromatic N) is 1. The van der Waals surface area contributed by atoms with Crippen molar-refractivity contribution in [2.45, 2.75) is 6.04 Å². The minimum Gasteiger partial charge on any atom is -0.296 e. The minimum atomic E-state index is -0.0509. The summed E-state index contributed by atoms with van der Waals surface area (Å²) in [6, 6.07) is -0.0509. The molecule has 2 nitrogen and oxygen atoms in total. The average molecular weight is 137 g/mol. The molecule has 2 heteroatoms. The smallest absolute Gasteiger partial charge is 0.176 e. The highest BCUT2D eigenvalue weighted by molar-refractivity contribution is 5.97. The molecule has 0 saturated heterocycles. The molecule has 54 valence electrons. The molecule has 1 aliphatic carbocycles. The molecule has 0 aromatic heterocycles. The van der Waals surface area contributed by atoms with Crippen LogP contribution >= 0.6 is 0 Å². The van der Waals surface area contributed by atoms with Crippen LogP contribution in [0.15, 0.2) is 24.3 Å². The van der Waals surface area contributed by atoms with E-state index in [0.29, 0.717) is 0 Å². The van der Waals surface area contributed by atoms with E-state index >= 15 is 0 Å². The Morgan fingerprint density at radius 2 is 2.10 bits per heavy atom. The second-order valence-corrected chi connectivity index (χ2v) is 2.55. The van der Waals surface area contributed by atoms with E-state index in [4.69, 9.17) is 0 Å². The molecule has 0 saturated carbocycles. The Labute approximate surface area is 60.8 Å². The lowest BCUT2D eigenvalue weighted by atomic mass is 10.1. The number of carbonyl (C=O) groups excluding carboxylic acids is 1. The van der Waals surface area contributed by atoms with Crippen molar-refractivity contribution in [2.24, 2.45) is 0 Å². The lowest BCUT2D eigenvalue weighted by Gasteiger charge is -2.19. The van der Waals surface area contributed by atoms with Crippen LogP contribution in [0.5, 0.6) is 0 Å². The molecule has 0 spiro atoms. The van der Waals surface area contributed by atoms with Gasteiger partial charge in [0.1, 0.15) is 0 Å². The largest absolute Gasteiger partial charge is 0.296 e. The average Bonchev–Trinajstić information content (AvgIpc) is 1.88. The number of ketones is 1. The molecule has 0 N–H and O–H groups in total. The van der Waals surface area contributed by atoms with E-state index in [1.807, 2.05) is 31.1 Å². The molecule has 1 rings (SSSR count). The topological polar surface area (TPSA) is 20.3 Å². The summed E-state index contributed by atoms with van der Waals surface area (Å²) in [7, 11) is 3.79. The van der Waals surface area contributed by atoms with Crippen molar-refractivity contribution in [1.29, 1.82) is 0 Å². The summed E-state index contributed by atoms with van der Waals surface area (Å²) in [4.78, 5) is 12.9. The Morgan fingerprint density at radius 3 is 2.50 bits per heavy atom. The fraction of sp³-hybridized carbons (Fsp3) is 0.375. The van der Waals surface area contributed by atoms with Crippen molar-refractivity contribution in [3.05, 3.63) is 24.3 Å². The fourth-order valence-electron chi connectivity index (χ4n) is 0.940. The predicted octanol–water partition coefficient (Wildman–Crippen LogP) is 0.612. The lowest BCUT2D eigenvalue weighted by molar-refractivity contribution is -0.117. The standard InChI is InChI=1S/C8H11NO/c1-9(2)7-5-3-4-6-8(7)10/h3-7H,1-2H3. The maximum Gasteiger partial charge on any atom is 0.176 e. The van der Waals surface area contributed by atoms with Crippen molar-refractivity contribution in [3.8, 4) is 0 Å². The SMILES string of the molecule is CN(C)C1C=CC=CC1=O. The first-order chi connectivity index (χ1) is 4.72. The van der Waals surface area contributed by atoms with Crippen molar-refractivity contribution in [1.82, 2.24) is 4.90 Å². The van der Waals surface area contributed by atoms with E-state index in [-0.39, 0.29) is 11.8 Å². The van der Waals surface area contributed by atoms with E-state index in [0.717, 1.165) is 0 Å². The quantitative estimate of drug-likeness (QED) is 0.528. The first kappa shape index (κ1) is 7.22. The highest BCUT2D eigenvalue weighted by atomic mass is 16.1. The number of hydrogen-bond acceptors (Lipinski definition) is 2. The van der Waals surface area contributed by atoms with Gasteiger partial charge in [0.2, 0.25) is 0 Å². The van der Waals surface area contributed by atoms with Gasteiger partial charge in [-0.3, -0.25) is 9.69 Å². The van der Waals surface area contributed by atoms with E-state index < -0.39 is 0 Å². The summed E-state index contributed by atoms with van der Waals surface area (Å²) in [6.45, 7) is 0. The third-order valence-corrected chi connectivity index (χ3v) is 1.51. The zero-order valence-electron chi connectivity index (χ0n) is 6.24. The maximum atomic E-state index is 11.1. The summed E-state index contributed by atoms with van der Waals surface area (Å²) in [5, 5.41) is 0. The van der Waals surface area contributed by atoms with E-state index in [2.05, 4.69) is 0 Å². The molecule has 0 aromatic carbocycles. The van der Waals surface area contributed by atoms with Gasteiger partial charge in [0.05, 0.1) is 6.04 Å². The molecule has 0 heterocycles. The normalized spacial score (nSPS) is 24.3.